The molecule has 5 heteroatoms. The topological polar surface area (TPSA) is 63.7 Å². The second kappa shape index (κ2) is 5.07. The molecule has 1 amide bonds. The molecule has 0 saturated carbocycles. The van der Waals surface area contributed by atoms with Crippen molar-refractivity contribution in [3.05, 3.63) is 30.3 Å². The largest absolute Gasteiger partial charge is 0.459 e. The molecule has 2 rings (SSSR count). The minimum absolute atomic E-state index is 0.0383. The molecule has 106 valence electrons. The summed E-state index contributed by atoms with van der Waals surface area (Å²) in [5.41, 5.74) is -0.0717. The molecule has 1 atom stereocenters. The van der Waals surface area contributed by atoms with Gasteiger partial charge in [-0.25, -0.2) is 0 Å². The van der Waals surface area contributed by atoms with Crippen LogP contribution in [0.25, 0.3) is 0 Å². The van der Waals surface area contributed by atoms with Crippen molar-refractivity contribution in [2.24, 2.45) is 5.92 Å². The Balaban J connectivity index is 2.18. The third kappa shape index (κ3) is 2.87. The molecule has 1 unspecified atom stereocenters. The number of hydrogen-bond donors (Lipinski definition) is 0. The summed E-state index contributed by atoms with van der Waals surface area (Å²) in [6.45, 7) is 5.21. The Hall–Kier alpha value is -2.17. The van der Waals surface area contributed by atoms with Crippen molar-refractivity contribution in [2.75, 3.05) is 11.4 Å². The lowest BCUT2D eigenvalue weighted by Gasteiger charge is -2.21. The van der Waals surface area contributed by atoms with E-state index in [1.54, 1.807) is 45.0 Å². The molecule has 1 fully saturated rings. The number of ether oxygens (including phenoxy) is 1. The summed E-state index contributed by atoms with van der Waals surface area (Å²) in [5.74, 6) is -3.05. The minimum atomic E-state index is -1.04. The molecular formula is C15H17NO4. The van der Waals surface area contributed by atoms with E-state index in [0.29, 0.717) is 5.69 Å². The predicted molar refractivity (Wildman–Crippen MR) is 73.1 cm³/mol. The molecule has 5 nitrogen and oxygen atoms in total. The van der Waals surface area contributed by atoms with Crippen molar-refractivity contribution < 1.29 is 19.1 Å². The number of carbonyl (C=O) groups excluding carboxylic acids is 3. The van der Waals surface area contributed by atoms with Gasteiger partial charge in [-0.2, -0.15) is 0 Å². The summed E-state index contributed by atoms with van der Waals surface area (Å²) in [6, 6.07) is 8.81. The second-order valence-corrected chi connectivity index (χ2v) is 5.70. The first-order valence-electron chi connectivity index (χ1n) is 6.43. The molecule has 1 aliphatic heterocycles. The van der Waals surface area contributed by atoms with Crippen LogP contribution in [0, 0.1) is 5.92 Å². The highest BCUT2D eigenvalue weighted by atomic mass is 16.6. The summed E-state index contributed by atoms with van der Waals surface area (Å²) >= 11 is 0. The van der Waals surface area contributed by atoms with E-state index < -0.39 is 29.2 Å². The Kier molecular flexibility index (Phi) is 3.61. The van der Waals surface area contributed by atoms with Crippen LogP contribution in [-0.4, -0.2) is 29.8 Å². The van der Waals surface area contributed by atoms with Crippen molar-refractivity contribution in [3.63, 3.8) is 0 Å². The van der Waals surface area contributed by atoms with Gasteiger partial charge in [0.15, 0.2) is 0 Å². The SMILES string of the molecule is CC(C)(C)OC(=O)C1CN(c2ccccc2)C(=O)C1=O. The maximum Gasteiger partial charge on any atom is 0.319 e. The number of ketones is 1. The highest BCUT2D eigenvalue weighted by Crippen LogP contribution is 2.24. The fraction of sp³-hybridized carbons (Fsp3) is 0.400. The molecule has 0 N–H and O–H groups in total. The van der Waals surface area contributed by atoms with Crippen LogP contribution in [0.15, 0.2) is 30.3 Å². The maximum absolute atomic E-state index is 12.0. The molecule has 0 bridgehead atoms. The quantitative estimate of drug-likeness (QED) is 0.467. The smallest absolute Gasteiger partial charge is 0.319 e. The monoisotopic (exact) mass is 275 g/mol. The van der Waals surface area contributed by atoms with E-state index in [2.05, 4.69) is 0 Å². The molecule has 1 saturated heterocycles. The molecule has 0 radical (unpaired) electrons. The number of rotatable bonds is 2. The van der Waals surface area contributed by atoms with Crippen LogP contribution < -0.4 is 4.90 Å². The number of Topliss-reactive ketones (excluding diaryl/α,β-unsaturated/α-hetero) is 1. The molecule has 1 heterocycles. The number of hydrogen-bond acceptors (Lipinski definition) is 4. The number of anilines is 1. The van der Waals surface area contributed by atoms with Crippen LogP contribution in [0.3, 0.4) is 0 Å². The van der Waals surface area contributed by atoms with Crippen LogP contribution in [0.1, 0.15) is 20.8 Å². The van der Waals surface area contributed by atoms with Gasteiger partial charge in [0.25, 0.3) is 5.91 Å². The third-order valence-electron chi connectivity index (χ3n) is 2.90. The van der Waals surface area contributed by atoms with Crippen LogP contribution in [0.4, 0.5) is 5.69 Å². The Morgan fingerprint density at radius 3 is 2.35 bits per heavy atom. The lowest BCUT2D eigenvalue weighted by molar-refractivity contribution is -0.161. The van der Waals surface area contributed by atoms with E-state index in [4.69, 9.17) is 4.74 Å². The summed E-state index contributed by atoms with van der Waals surface area (Å²) in [4.78, 5) is 37.2. The van der Waals surface area contributed by atoms with Gasteiger partial charge in [-0.15, -0.1) is 0 Å². The molecule has 20 heavy (non-hydrogen) atoms. The van der Waals surface area contributed by atoms with Crippen LogP contribution in [0.2, 0.25) is 0 Å². The number of esters is 1. The van der Waals surface area contributed by atoms with E-state index in [-0.39, 0.29) is 6.54 Å². The zero-order valence-corrected chi connectivity index (χ0v) is 11.8. The van der Waals surface area contributed by atoms with Crippen molar-refractivity contribution in [1.29, 1.82) is 0 Å². The zero-order chi connectivity index (χ0) is 14.9. The number of benzene rings is 1. The minimum Gasteiger partial charge on any atom is -0.459 e. The first-order chi connectivity index (χ1) is 9.29. The van der Waals surface area contributed by atoms with Gasteiger partial charge >= 0.3 is 5.97 Å². The third-order valence-corrected chi connectivity index (χ3v) is 2.90. The molecule has 1 aliphatic rings. The van der Waals surface area contributed by atoms with Gasteiger partial charge < -0.3 is 9.64 Å². The molecular weight excluding hydrogens is 258 g/mol. The Morgan fingerprint density at radius 1 is 1.20 bits per heavy atom. The van der Waals surface area contributed by atoms with Gasteiger partial charge in [-0.3, -0.25) is 14.4 Å². The summed E-state index contributed by atoms with van der Waals surface area (Å²) < 4.78 is 5.19. The van der Waals surface area contributed by atoms with Gasteiger partial charge in [0.1, 0.15) is 11.5 Å². The fourth-order valence-corrected chi connectivity index (χ4v) is 2.02. The number of amides is 1. The van der Waals surface area contributed by atoms with E-state index >= 15 is 0 Å². The standard InChI is InChI=1S/C15H17NO4/c1-15(2,3)20-14(19)11-9-16(13(18)12(11)17)10-7-5-4-6-8-10/h4-8,11H,9H2,1-3H3. The van der Waals surface area contributed by atoms with E-state index in [9.17, 15) is 14.4 Å². The second-order valence-electron chi connectivity index (χ2n) is 5.70. The number of carbonyl (C=O) groups is 3. The van der Waals surface area contributed by atoms with Crippen LogP contribution in [-0.2, 0) is 19.1 Å². The highest BCUT2D eigenvalue weighted by Gasteiger charge is 2.45. The molecule has 0 spiro atoms. The number of nitrogens with zero attached hydrogens (tertiary/aromatic N) is 1. The van der Waals surface area contributed by atoms with Crippen molar-refractivity contribution in [3.8, 4) is 0 Å². The maximum atomic E-state index is 12.0. The summed E-state index contributed by atoms with van der Waals surface area (Å²) in [7, 11) is 0. The van der Waals surface area contributed by atoms with Crippen molar-refractivity contribution in [1.82, 2.24) is 0 Å². The fourth-order valence-electron chi connectivity index (χ4n) is 2.02. The van der Waals surface area contributed by atoms with E-state index in [1.807, 2.05) is 6.07 Å². The van der Waals surface area contributed by atoms with E-state index in [1.165, 1.54) is 4.90 Å². The average Bonchev–Trinajstić information content (AvgIpc) is 2.66. The molecule has 0 aliphatic carbocycles. The first kappa shape index (κ1) is 14.2. The van der Waals surface area contributed by atoms with Gasteiger partial charge in [0.05, 0.1) is 0 Å². The Morgan fingerprint density at radius 2 is 1.80 bits per heavy atom. The Bertz CT molecular complexity index is 545. The van der Waals surface area contributed by atoms with Gasteiger partial charge in [-0.1, -0.05) is 18.2 Å². The van der Waals surface area contributed by atoms with Gasteiger partial charge in [0, 0.05) is 12.2 Å². The van der Waals surface area contributed by atoms with Gasteiger partial charge in [0.2, 0.25) is 5.78 Å². The highest BCUT2D eigenvalue weighted by molar-refractivity contribution is 6.47. The number of para-hydroxylation sites is 1. The van der Waals surface area contributed by atoms with Crippen LogP contribution >= 0.6 is 0 Å². The molecule has 0 aromatic heterocycles. The summed E-state index contributed by atoms with van der Waals surface area (Å²) in [5, 5.41) is 0. The average molecular weight is 275 g/mol. The zero-order valence-electron chi connectivity index (χ0n) is 11.8. The predicted octanol–water partition coefficient (Wildman–Crippen LogP) is 1.56. The Labute approximate surface area is 117 Å². The lowest BCUT2D eigenvalue weighted by Crippen LogP contribution is -2.32. The van der Waals surface area contributed by atoms with Crippen LogP contribution in [0.5, 0.6) is 0 Å². The van der Waals surface area contributed by atoms with E-state index in [0.717, 1.165) is 0 Å². The summed E-state index contributed by atoms with van der Waals surface area (Å²) in [6.07, 6.45) is 0. The first-order valence-corrected chi connectivity index (χ1v) is 6.43. The van der Waals surface area contributed by atoms with Crippen molar-refractivity contribution in [2.45, 2.75) is 26.4 Å². The normalized spacial score (nSPS) is 19.4. The molecule has 1 aromatic rings. The van der Waals surface area contributed by atoms with Gasteiger partial charge in [-0.05, 0) is 32.9 Å². The lowest BCUT2D eigenvalue weighted by atomic mass is 10.1. The van der Waals surface area contributed by atoms with Crippen molar-refractivity contribution >= 4 is 23.3 Å². The molecule has 1 aromatic carbocycles.